The van der Waals surface area contributed by atoms with Crippen molar-refractivity contribution in [2.45, 2.75) is 51.1 Å². The number of carbonyl (C=O) groups excluding carboxylic acids is 1. The minimum absolute atomic E-state index is 0.0353. The van der Waals surface area contributed by atoms with E-state index in [2.05, 4.69) is 31.1 Å². The average Bonchev–Trinajstić information content (AvgIpc) is 2.74. The molecule has 1 unspecified atom stereocenters. The minimum atomic E-state index is -0.587. The highest BCUT2D eigenvalue weighted by atomic mass is 32.2. The summed E-state index contributed by atoms with van der Waals surface area (Å²) >= 11 is 1.51. The molecule has 1 aliphatic carbocycles. The van der Waals surface area contributed by atoms with Gasteiger partial charge in [-0.3, -0.25) is 9.59 Å². The topological polar surface area (TPSA) is 93.3 Å². The number of aromatic nitrogens is 2. The molecule has 2 N–H and O–H groups in total. The predicted molar refractivity (Wildman–Crippen MR) is 126 cm³/mol. The normalized spacial score (nSPS) is 19.2. The second-order valence-corrected chi connectivity index (χ2v) is 10.1. The van der Waals surface area contributed by atoms with Crippen LogP contribution in [0.3, 0.4) is 0 Å². The molecule has 2 heterocycles. The Morgan fingerprint density at radius 1 is 1.19 bits per heavy atom. The summed E-state index contributed by atoms with van der Waals surface area (Å²) in [4.78, 5) is 34.4. The van der Waals surface area contributed by atoms with E-state index in [1.54, 1.807) is 26.4 Å². The Balaban J connectivity index is 1.97. The molecule has 0 amide bonds. The molecule has 0 spiro atoms. The molecule has 7 nitrogen and oxygen atoms in total. The summed E-state index contributed by atoms with van der Waals surface area (Å²) in [5, 5.41) is 3.92. The average molecular weight is 456 g/mol. The maximum absolute atomic E-state index is 13.4. The molecule has 0 bridgehead atoms. The molecular formula is C24H29N3O4S. The van der Waals surface area contributed by atoms with Gasteiger partial charge in [0.25, 0.3) is 5.56 Å². The molecule has 0 radical (unpaired) electrons. The van der Waals surface area contributed by atoms with E-state index in [0.717, 1.165) is 23.4 Å². The van der Waals surface area contributed by atoms with Gasteiger partial charge in [-0.05, 0) is 36.5 Å². The number of anilines is 1. The van der Waals surface area contributed by atoms with E-state index in [0.29, 0.717) is 46.5 Å². The van der Waals surface area contributed by atoms with Gasteiger partial charge >= 0.3 is 0 Å². The van der Waals surface area contributed by atoms with Gasteiger partial charge in [0.15, 0.2) is 10.9 Å². The van der Waals surface area contributed by atoms with Gasteiger partial charge in [0.05, 0.1) is 25.7 Å². The number of rotatable bonds is 6. The summed E-state index contributed by atoms with van der Waals surface area (Å²) in [6, 6.07) is 5.45. The number of thioether (sulfide) groups is 1. The number of allylic oxidation sites excluding steroid dienone is 2. The Morgan fingerprint density at radius 3 is 2.66 bits per heavy atom. The fourth-order valence-corrected chi connectivity index (χ4v) is 5.25. The fourth-order valence-electron chi connectivity index (χ4n) is 4.54. The van der Waals surface area contributed by atoms with Crippen molar-refractivity contribution in [2.24, 2.45) is 5.41 Å². The van der Waals surface area contributed by atoms with Crippen LogP contribution in [0.4, 0.5) is 5.82 Å². The van der Waals surface area contributed by atoms with Crippen LogP contribution in [-0.4, -0.2) is 35.7 Å². The van der Waals surface area contributed by atoms with E-state index >= 15 is 0 Å². The number of ether oxygens (including phenoxy) is 2. The van der Waals surface area contributed by atoms with Crippen molar-refractivity contribution >= 4 is 23.4 Å². The zero-order valence-electron chi connectivity index (χ0n) is 19.1. The van der Waals surface area contributed by atoms with Crippen molar-refractivity contribution in [3.05, 3.63) is 50.9 Å². The Labute approximate surface area is 192 Å². The fraction of sp³-hybridized carbons (Fsp3) is 0.458. The van der Waals surface area contributed by atoms with Crippen LogP contribution in [0.5, 0.6) is 11.5 Å². The molecule has 0 saturated carbocycles. The third-order valence-electron chi connectivity index (χ3n) is 5.89. The second-order valence-electron chi connectivity index (χ2n) is 8.98. The summed E-state index contributed by atoms with van der Waals surface area (Å²) in [5.41, 5.74) is 2.17. The third kappa shape index (κ3) is 4.03. The monoisotopic (exact) mass is 455 g/mol. The first-order valence-corrected chi connectivity index (χ1v) is 11.8. The van der Waals surface area contributed by atoms with Crippen molar-refractivity contribution in [2.75, 3.05) is 25.3 Å². The highest BCUT2D eigenvalue weighted by Gasteiger charge is 2.43. The van der Waals surface area contributed by atoms with Crippen LogP contribution in [0.15, 0.2) is 39.4 Å². The maximum atomic E-state index is 13.4. The van der Waals surface area contributed by atoms with Gasteiger partial charge in [-0.15, -0.1) is 0 Å². The lowest BCUT2D eigenvalue weighted by atomic mass is 9.69. The number of fused-ring (bicyclic) bond motifs is 1. The van der Waals surface area contributed by atoms with Gasteiger partial charge < -0.3 is 19.8 Å². The number of nitrogens with one attached hydrogen (secondary N) is 2. The summed E-state index contributed by atoms with van der Waals surface area (Å²) in [6.07, 6.45) is 2.09. The molecule has 1 aliphatic heterocycles. The number of ketones is 1. The van der Waals surface area contributed by atoms with E-state index in [4.69, 9.17) is 14.5 Å². The minimum Gasteiger partial charge on any atom is -0.497 e. The molecule has 1 aromatic carbocycles. The second kappa shape index (κ2) is 8.65. The molecule has 170 valence electrons. The highest BCUT2D eigenvalue weighted by molar-refractivity contribution is 7.99. The Hall–Kier alpha value is -2.74. The summed E-state index contributed by atoms with van der Waals surface area (Å²) < 4.78 is 11.1. The van der Waals surface area contributed by atoms with Crippen molar-refractivity contribution in [3.63, 3.8) is 0 Å². The summed E-state index contributed by atoms with van der Waals surface area (Å²) in [6.45, 7) is 6.25. The SMILES string of the molecule is CCCSc1nc2c(c(=O)[nH]1)C(c1cc(OC)ccc1OC)C1=C(CC(C)(C)CC1=O)N2. The van der Waals surface area contributed by atoms with Crippen LogP contribution in [0.2, 0.25) is 0 Å². The first kappa shape index (κ1) is 22.5. The first-order chi connectivity index (χ1) is 15.3. The van der Waals surface area contributed by atoms with E-state index in [9.17, 15) is 9.59 Å². The molecule has 2 aliphatic rings. The number of hydrogen-bond donors (Lipinski definition) is 2. The number of nitrogens with zero attached hydrogens (tertiary/aromatic N) is 1. The lowest BCUT2D eigenvalue weighted by molar-refractivity contribution is -0.118. The maximum Gasteiger partial charge on any atom is 0.257 e. The number of aromatic amines is 1. The van der Waals surface area contributed by atoms with Crippen molar-refractivity contribution in [3.8, 4) is 11.5 Å². The van der Waals surface area contributed by atoms with Crippen LogP contribution in [0.1, 0.15) is 57.1 Å². The molecule has 1 aromatic heterocycles. The molecule has 8 heteroatoms. The zero-order valence-corrected chi connectivity index (χ0v) is 19.9. The summed E-state index contributed by atoms with van der Waals surface area (Å²) in [5.74, 6) is 2.04. The van der Waals surface area contributed by atoms with Crippen molar-refractivity contribution in [1.82, 2.24) is 9.97 Å². The smallest absolute Gasteiger partial charge is 0.257 e. The standard InChI is InChI=1S/C24H29N3O4S/c1-6-9-32-23-26-21-20(22(29)27-23)18(14-10-13(30-4)7-8-17(14)31-5)19-15(25-21)11-24(2,3)12-16(19)28/h7-8,10,18H,6,9,11-12H2,1-5H3,(H2,25,26,27,29). The van der Waals surface area contributed by atoms with Crippen LogP contribution in [-0.2, 0) is 4.79 Å². The largest absolute Gasteiger partial charge is 0.497 e. The van der Waals surface area contributed by atoms with E-state index in [-0.39, 0.29) is 16.8 Å². The highest BCUT2D eigenvalue weighted by Crippen LogP contribution is 2.49. The Morgan fingerprint density at radius 2 is 1.97 bits per heavy atom. The van der Waals surface area contributed by atoms with Crippen LogP contribution >= 0.6 is 11.8 Å². The summed E-state index contributed by atoms with van der Waals surface area (Å²) in [7, 11) is 3.17. The van der Waals surface area contributed by atoms with Gasteiger partial charge in [0.1, 0.15) is 17.3 Å². The van der Waals surface area contributed by atoms with E-state index < -0.39 is 5.92 Å². The van der Waals surface area contributed by atoms with Crippen molar-refractivity contribution in [1.29, 1.82) is 0 Å². The van der Waals surface area contributed by atoms with Crippen molar-refractivity contribution < 1.29 is 14.3 Å². The number of Topliss-reactive ketones (excluding diaryl/α,β-unsaturated/α-hetero) is 1. The number of hydrogen-bond acceptors (Lipinski definition) is 7. The predicted octanol–water partition coefficient (Wildman–Crippen LogP) is 4.49. The molecule has 2 aromatic rings. The van der Waals surface area contributed by atoms with Gasteiger partial charge in [0, 0.05) is 29.0 Å². The molecule has 32 heavy (non-hydrogen) atoms. The van der Waals surface area contributed by atoms with E-state index in [1.165, 1.54) is 11.8 Å². The first-order valence-electron chi connectivity index (χ1n) is 10.8. The van der Waals surface area contributed by atoms with Gasteiger partial charge in [0.2, 0.25) is 0 Å². The molecule has 0 fully saturated rings. The Kier molecular flexibility index (Phi) is 6.07. The lowest BCUT2D eigenvalue weighted by Crippen LogP contribution is -2.37. The van der Waals surface area contributed by atoms with Crippen LogP contribution < -0.4 is 20.3 Å². The van der Waals surface area contributed by atoms with E-state index in [1.807, 2.05) is 6.07 Å². The number of carbonyl (C=O) groups is 1. The molecule has 0 saturated heterocycles. The molecular weight excluding hydrogens is 426 g/mol. The lowest BCUT2D eigenvalue weighted by Gasteiger charge is -2.38. The third-order valence-corrected chi connectivity index (χ3v) is 6.97. The Bertz CT molecular complexity index is 1150. The number of H-pyrrole nitrogens is 1. The molecule has 1 atom stereocenters. The molecule has 4 rings (SSSR count). The quantitative estimate of drug-likeness (QED) is 0.490. The van der Waals surface area contributed by atoms with Gasteiger partial charge in [-0.2, -0.15) is 0 Å². The van der Waals surface area contributed by atoms with Crippen LogP contribution in [0.25, 0.3) is 0 Å². The number of benzene rings is 1. The zero-order chi connectivity index (χ0) is 23.0. The van der Waals surface area contributed by atoms with Gasteiger partial charge in [-0.1, -0.05) is 32.5 Å². The van der Waals surface area contributed by atoms with Gasteiger partial charge in [-0.25, -0.2) is 4.98 Å². The number of methoxy groups -OCH3 is 2. The van der Waals surface area contributed by atoms with Crippen LogP contribution in [0, 0.1) is 5.41 Å².